The van der Waals surface area contributed by atoms with E-state index in [2.05, 4.69) is 5.10 Å². The molecule has 0 spiro atoms. The lowest BCUT2D eigenvalue weighted by atomic mass is 10.5. The Morgan fingerprint density at radius 2 is 2.53 bits per heavy atom. The highest BCUT2D eigenvalue weighted by atomic mass is 32.1. The number of nitriles is 1. The van der Waals surface area contributed by atoms with Crippen molar-refractivity contribution in [1.29, 1.82) is 5.26 Å². The molecule has 0 fully saturated rings. The van der Waals surface area contributed by atoms with Gasteiger partial charge < -0.3 is 4.42 Å². The van der Waals surface area contributed by atoms with Gasteiger partial charge in [0.2, 0.25) is 0 Å². The van der Waals surface area contributed by atoms with Crippen molar-refractivity contribution in [3.8, 4) is 16.8 Å². The van der Waals surface area contributed by atoms with Crippen LogP contribution in [0.2, 0.25) is 0 Å². The molecule has 76 valence electrons. The molecule has 2 heterocycles. The third kappa shape index (κ3) is 2.14. The maximum atomic E-state index is 8.46. The van der Waals surface area contributed by atoms with E-state index in [1.165, 1.54) is 4.68 Å². The van der Waals surface area contributed by atoms with Crippen LogP contribution in [-0.2, 0) is 6.54 Å². The van der Waals surface area contributed by atoms with Crippen LogP contribution in [0.15, 0.2) is 21.9 Å². The first-order valence-electron chi connectivity index (χ1n) is 4.30. The van der Waals surface area contributed by atoms with Crippen molar-refractivity contribution in [3.05, 3.63) is 22.4 Å². The maximum Gasteiger partial charge on any atom is 0.287 e. The highest BCUT2D eigenvalue weighted by molar-refractivity contribution is 7.71. The molecule has 0 bridgehead atoms. The van der Waals surface area contributed by atoms with Crippen LogP contribution in [0.3, 0.4) is 0 Å². The zero-order valence-electron chi connectivity index (χ0n) is 7.71. The molecule has 0 atom stereocenters. The Hall–Kier alpha value is -1.45. The molecule has 2 rings (SSSR count). The minimum atomic E-state index is 0.314. The van der Waals surface area contributed by atoms with Crippen molar-refractivity contribution in [2.45, 2.75) is 13.0 Å². The molecule has 0 saturated heterocycles. The van der Waals surface area contributed by atoms with E-state index >= 15 is 0 Å². The summed E-state index contributed by atoms with van der Waals surface area (Å²) >= 11 is 6.53. The molecule has 6 heteroatoms. The number of thiophene rings is 1. The van der Waals surface area contributed by atoms with Crippen molar-refractivity contribution < 1.29 is 4.42 Å². The van der Waals surface area contributed by atoms with Gasteiger partial charge >= 0.3 is 0 Å². The standard InChI is InChI=1S/C9H7N3OS2/c10-4-2-5-12-9(14)13-8(11-12)7-3-1-6-15-7/h1,3,6H,2,5H2. The molecule has 0 saturated carbocycles. The number of hydrogen-bond acceptors (Lipinski definition) is 5. The van der Waals surface area contributed by atoms with Gasteiger partial charge in [-0.15, -0.1) is 16.4 Å². The first-order valence-corrected chi connectivity index (χ1v) is 5.59. The lowest BCUT2D eigenvalue weighted by molar-refractivity contribution is 0.514. The van der Waals surface area contributed by atoms with E-state index in [1.54, 1.807) is 11.3 Å². The molecule has 0 radical (unpaired) electrons. The van der Waals surface area contributed by atoms with Crippen molar-refractivity contribution in [2.75, 3.05) is 0 Å². The second kappa shape index (κ2) is 4.38. The number of aryl methyl sites for hydroxylation is 1. The maximum absolute atomic E-state index is 8.46. The van der Waals surface area contributed by atoms with Crippen molar-refractivity contribution in [3.63, 3.8) is 0 Å². The highest BCUT2D eigenvalue weighted by Gasteiger charge is 2.08. The summed E-state index contributed by atoms with van der Waals surface area (Å²) in [5.74, 6) is 0.521. The summed E-state index contributed by atoms with van der Waals surface area (Å²) in [7, 11) is 0. The van der Waals surface area contributed by atoms with E-state index in [-0.39, 0.29) is 0 Å². The second-order valence-electron chi connectivity index (χ2n) is 2.78. The van der Waals surface area contributed by atoms with Gasteiger partial charge in [0, 0.05) is 0 Å². The van der Waals surface area contributed by atoms with E-state index in [1.807, 2.05) is 23.6 Å². The van der Waals surface area contributed by atoms with Crippen molar-refractivity contribution in [1.82, 2.24) is 9.78 Å². The van der Waals surface area contributed by atoms with E-state index in [9.17, 15) is 0 Å². The van der Waals surface area contributed by atoms with Crippen LogP contribution in [0, 0.1) is 16.2 Å². The SMILES string of the molecule is N#CCCn1nc(-c2cccs2)oc1=S. The summed E-state index contributed by atoms with van der Waals surface area (Å²) in [5, 5.41) is 14.6. The third-order valence-electron chi connectivity index (χ3n) is 1.77. The predicted octanol–water partition coefficient (Wildman–Crippen LogP) is 2.85. The average molecular weight is 237 g/mol. The molecular formula is C9H7N3OS2. The van der Waals surface area contributed by atoms with Gasteiger partial charge in [-0.25, -0.2) is 4.68 Å². The Labute approximate surface area is 95.4 Å². The fourth-order valence-corrected chi connectivity index (χ4v) is 1.96. The Kier molecular flexibility index (Phi) is 2.94. The number of hydrogen-bond donors (Lipinski definition) is 0. The predicted molar refractivity (Wildman–Crippen MR) is 58.9 cm³/mol. The highest BCUT2D eigenvalue weighted by Crippen LogP contribution is 2.22. The van der Waals surface area contributed by atoms with Crippen LogP contribution in [0.1, 0.15) is 6.42 Å². The van der Waals surface area contributed by atoms with Gasteiger partial charge in [-0.05, 0) is 23.7 Å². The molecule has 4 nitrogen and oxygen atoms in total. The van der Waals surface area contributed by atoms with Crippen LogP contribution in [0.25, 0.3) is 10.8 Å². The summed E-state index contributed by atoms with van der Waals surface area (Å²) in [4.78, 5) is 1.26. The number of aromatic nitrogens is 2. The van der Waals surface area contributed by atoms with Gasteiger partial charge in [-0.1, -0.05) is 6.07 Å². The third-order valence-corrected chi connectivity index (χ3v) is 2.93. The molecule has 0 unspecified atom stereocenters. The zero-order chi connectivity index (χ0) is 10.7. The summed E-state index contributed by atoms with van der Waals surface area (Å²) in [6.45, 7) is 0.476. The van der Waals surface area contributed by atoms with Crippen LogP contribution in [-0.4, -0.2) is 9.78 Å². The molecule has 0 N–H and O–H groups in total. The molecule has 2 aromatic rings. The normalized spacial score (nSPS) is 10.1. The first-order chi connectivity index (χ1) is 7.31. The summed E-state index contributed by atoms with van der Waals surface area (Å²) in [6, 6.07) is 5.88. The first kappa shape index (κ1) is 10.1. The zero-order valence-corrected chi connectivity index (χ0v) is 9.35. The van der Waals surface area contributed by atoms with Crippen molar-refractivity contribution in [2.24, 2.45) is 0 Å². The molecule has 0 aromatic carbocycles. The van der Waals surface area contributed by atoms with Gasteiger partial charge in [-0.2, -0.15) is 5.26 Å². The van der Waals surface area contributed by atoms with Gasteiger partial charge in [0.15, 0.2) is 0 Å². The Bertz CT molecular complexity index is 532. The van der Waals surface area contributed by atoms with E-state index in [4.69, 9.17) is 21.9 Å². The van der Waals surface area contributed by atoms with Crippen LogP contribution in [0.5, 0.6) is 0 Å². The molecule has 15 heavy (non-hydrogen) atoms. The number of nitrogens with zero attached hydrogens (tertiary/aromatic N) is 3. The summed E-state index contributed by atoms with van der Waals surface area (Å²) < 4.78 is 6.86. The quantitative estimate of drug-likeness (QED) is 0.770. The monoisotopic (exact) mass is 237 g/mol. The summed E-state index contributed by atoms with van der Waals surface area (Å²) in [6.07, 6.45) is 0.380. The molecule has 0 aliphatic carbocycles. The largest absolute Gasteiger partial charge is 0.408 e. The number of rotatable bonds is 3. The molecule has 0 aliphatic rings. The lowest BCUT2D eigenvalue weighted by Crippen LogP contribution is -1.98. The fraction of sp³-hybridized carbons (Fsp3) is 0.222. The molecule has 2 aromatic heterocycles. The lowest BCUT2D eigenvalue weighted by Gasteiger charge is -1.90. The van der Waals surface area contributed by atoms with Crippen molar-refractivity contribution >= 4 is 23.6 Å². The Balaban J connectivity index is 2.30. The van der Waals surface area contributed by atoms with E-state index < -0.39 is 0 Å². The van der Waals surface area contributed by atoms with Gasteiger partial charge in [0.25, 0.3) is 10.7 Å². The minimum absolute atomic E-state index is 0.314. The molecule has 0 aliphatic heterocycles. The van der Waals surface area contributed by atoms with Crippen LogP contribution < -0.4 is 0 Å². The topological polar surface area (TPSA) is 54.8 Å². The smallest absolute Gasteiger partial charge is 0.287 e. The molecule has 0 amide bonds. The fourth-order valence-electron chi connectivity index (χ4n) is 1.10. The van der Waals surface area contributed by atoms with Gasteiger partial charge in [0.1, 0.15) is 0 Å². The van der Waals surface area contributed by atoms with Gasteiger partial charge in [0.05, 0.1) is 23.9 Å². The van der Waals surface area contributed by atoms with Crippen LogP contribution >= 0.6 is 23.6 Å². The second-order valence-corrected chi connectivity index (χ2v) is 4.08. The molecular weight excluding hydrogens is 230 g/mol. The minimum Gasteiger partial charge on any atom is -0.408 e. The van der Waals surface area contributed by atoms with E-state index in [0.29, 0.717) is 23.7 Å². The average Bonchev–Trinajstić information content (AvgIpc) is 2.83. The summed E-state index contributed by atoms with van der Waals surface area (Å²) in [5.41, 5.74) is 0. The Morgan fingerprint density at radius 1 is 1.67 bits per heavy atom. The van der Waals surface area contributed by atoms with E-state index in [0.717, 1.165) is 4.88 Å². The Morgan fingerprint density at radius 3 is 3.20 bits per heavy atom. The van der Waals surface area contributed by atoms with Gasteiger partial charge in [-0.3, -0.25) is 0 Å². The van der Waals surface area contributed by atoms with Crippen LogP contribution in [0.4, 0.5) is 0 Å².